The van der Waals surface area contributed by atoms with Crippen LogP contribution in [0.25, 0.3) is 0 Å². The molecule has 0 aliphatic rings. The molecule has 0 radical (unpaired) electrons. The highest BCUT2D eigenvalue weighted by Crippen LogP contribution is 2.17. The van der Waals surface area contributed by atoms with E-state index in [4.69, 9.17) is 5.73 Å². The van der Waals surface area contributed by atoms with Crippen LogP contribution >= 0.6 is 22.7 Å². The average Bonchev–Trinajstić information content (AvgIpc) is 2.95. The average molecular weight is 310 g/mol. The van der Waals surface area contributed by atoms with Gasteiger partial charge in [-0.3, -0.25) is 4.79 Å². The molecule has 5 nitrogen and oxygen atoms in total. The van der Waals surface area contributed by atoms with Crippen molar-refractivity contribution in [2.45, 2.75) is 39.8 Å². The molecule has 2 heterocycles. The third-order valence-corrected chi connectivity index (χ3v) is 4.98. The molecule has 1 unspecified atom stereocenters. The summed E-state index contributed by atoms with van der Waals surface area (Å²) < 4.78 is 0. The van der Waals surface area contributed by atoms with Gasteiger partial charge in [-0.1, -0.05) is 0 Å². The summed E-state index contributed by atoms with van der Waals surface area (Å²) in [7, 11) is 0. The molecule has 2 aromatic rings. The number of rotatable bonds is 5. The quantitative estimate of drug-likeness (QED) is 0.886. The summed E-state index contributed by atoms with van der Waals surface area (Å²) in [4.78, 5) is 21.8. The van der Waals surface area contributed by atoms with E-state index in [0.29, 0.717) is 6.54 Å². The van der Waals surface area contributed by atoms with E-state index >= 15 is 0 Å². The second-order valence-electron chi connectivity index (χ2n) is 4.67. The normalized spacial score (nSPS) is 12.4. The van der Waals surface area contributed by atoms with E-state index in [0.717, 1.165) is 21.4 Å². The van der Waals surface area contributed by atoms with Gasteiger partial charge in [-0.2, -0.15) is 0 Å². The largest absolute Gasteiger partial charge is 0.349 e. The number of aromatic nitrogens is 2. The van der Waals surface area contributed by atoms with Gasteiger partial charge in [-0.25, -0.2) is 9.97 Å². The van der Waals surface area contributed by atoms with Gasteiger partial charge in [0.15, 0.2) is 0 Å². The molecule has 3 N–H and O–H groups in total. The van der Waals surface area contributed by atoms with E-state index in [1.165, 1.54) is 16.2 Å². The number of thiazole rings is 2. The molecular weight excluding hydrogens is 292 g/mol. The summed E-state index contributed by atoms with van der Waals surface area (Å²) in [6.45, 7) is 6.36. The molecule has 7 heteroatoms. The number of nitrogens with two attached hydrogens (primary N) is 1. The lowest BCUT2D eigenvalue weighted by atomic mass is 10.3. The zero-order valence-electron chi connectivity index (χ0n) is 11.8. The fourth-order valence-corrected chi connectivity index (χ4v) is 3.28. The molecule has 0 saturated heterocycles. The maximum absolute atomic E-state index is 11.9. The first kappa shape index (κ1) is 15.1. The Morgan fingerprint density at radius 1 is 1.45 bits per heavy atom. The van der Waals surface area contributed by atoms with Gasteiger partial charge in [0.2, 0.25) is 5.91 Å². The number of amides is 1. The Labute approximate surface area is 126 Å². The summed E-state index contributed by atoms with van der Waals surface area (Å²) in [6, 6.07) is -0.0851. The Hall–Kier alpha value is -1.31. The van der Waals surface area contributed by atoms with Crippen LogP contribution in [0.15, 0.2) is 5.38 Å². The van der Waals surface area contributed by atoms with Gasteiger partial charge in [0.1, 0.15) is 10.0 Å². The van der Waals surface area contributed by atoms with E-state index in [2.05, 4.69) is 15.3 Å². The van der Waals surface area contributed by atoms with Gasteiger partial charge in [-0.05, 0) is 20.8 Å². The Bertz CT molecular complexity index is 584. The van der Waals surface area contributed by atoms with Crippen molar-refractivity contribution in [2.75, 3.05) is 0 Å². The molecule has 2 rings (SSSR count). The second-order valence-corrected chi connectivity index (χ2v) is 6.85. The van der Waals surface area contributed by atoms with Crippen molar-refractivity contribution < 1.29 is 4.79 Å². The number of hydrogen-bond acceptors (Lipinski definition) is 6. The monoisotopic (exact) mass is 310 g/mol. The number of carbonyl (C=O) groups is 1. The van der Waals surface area contributed by atoms with Crippen LogP contribution in [-0.2, 0) is 17.8 Å². The van der Waals surface area contributed by atoms with E-state index in [9.17, 15) is 4.79 Å². The predicted molar refractivity (Wildman–Crippen MR) is 81.9 cm³/mol. The molecule has 2 aromatic heterocycles. The van der Waals surface area contributed by atoms with Crippen molar-refractivity contribution in [1.82, 2.24) is 15.3 Å². The lowest BCUT2D eigenvalue weighted by Gasteiger charge is -2.01. The number of nitrogens with one attached hydrogen (secondary N) is 1. The lowest BCUT2D eigenvalue weighted by Crippen LogP contribution is -2.24. The highest BCUT2D eigenvalue weighted by molar-refractivity contribution is 7.11. The molecular formula is C13H18N4OS2. The molecule has 0 bridgehead atoms. The SMILES string of the molecule is Cc1nc(CNC(=O)Cc2csc(C(C)N)n2)sc1C. The standard InChI is InChI=1S/C13H18N4OS2/c1-7(14)13-17-10(6-19-13)4-11(18)15-5-12-16-8(2)9(3)20-12/h6-7H,4-5,14H2,1-3H3,(H,15,18). The van der Waals surface area contributed by atoms with Gasteiger partial charge in [0.05, 0.1) is 30.4 Å². The molecule has 108 valence electrons. The van der Waals surface area contributed by atoms with Crippen molar-refractivity contribution in [3.8, 4) is 0 Å². The maximum Gasteiger partial charge on any atom is 0.226 e. The molecule has 0 aromatic carbocycles. The minimum absolute atomic E-state index is 0.0444. The second kappa shape index (κ2) is 6.43. The van der Waals surface area contributed by atoms with Crippen LogP contribution in [0.2, 0.25) is 0 Å². The van der Waals surface area contributed by atoms with Crippen LogP contribution < -0.4 is 11.1 Å². The van der Waals surface area contributed by atoms with Crippen LogP contribution in [0.5, 0.6) is 0 Å². The van der Waals surface area contributed by atoms with E-state index in [1.54, 1.807) is 11.3 Å². The van der Waals surface area contributed by atoms with E-state index in [-0.39, 0.29) is 18.4 Å². The van der Waals surface area contributed by atoms with Crippen LogP contribution in [0.4, 0.5) is 0 Å². The molecule has 1 atom stereocenters. The Balaban J connectivity index is 1.85. The molecule has 1 amide bonds. The Kier molecular flexibility index (Phi) is 4.85. The Morgan fingerprint density at radius 2 is 2.20 bits per heavy atom. The highest BCUT2D eigenvalue weighted by atomic mass is 32.1. The first-order valence-electron chi connectivity index (χ1n) is 6.35. The fraction of sp³-hybridized carbons (Fsp3) is 0.462. The third-order valence-electron chi connectivity index (χ3n) is 2.81. The smallest absolute Gasteiger partial charge is 0.226 e. The summed E-state index contributed by atoms with van der Waals surface area (Å²) in [5.41, 5.74) is 7.55. The minimum Gasteiger partial charge on any atom is -0.349 e. The van der Waals surface area contributed by atoms with Crippen LogP contribution in [0, 0.1) is 13.8 Å². The number of carbonyl (C=O) groups excluding carboxylic acids is 1. The highest BCUT2D eigenvalue weighted by Gasteiger charge is 2.11. The predicted octanol–water partition coefficient (Wildman–Crippen LogP) is 2.10. The van der Waals surface area contributed by atoms with Crippen molar-refractivity contribution >= 4 is 28.6 Å². The van der Waals surface area contributed by atoms with Crippen molar-refractivity contribution in [2.24, 2.45) is 5.73 Å². The van der Waals surface area contributed by atoms with Crippen molar-refractivity contribution in [1.29, 1.82) is 0 Å². The van der Waals surface area contributed by atoms with Crippen LogP contribution in [0.1, 0.15) is 39.2 Å². The summed E-state index contributed by atoms with van der Waals surface area (Å²) in [5.74, 6) is -0.0444. The van der Waals surface area contributed by atoms with Gasteiger partial charge < -0.3 is 11.1 Å². The van der Waals surface area contributed by atoms with Crippen LogP contribution in [-0.4, -0.2) is 15.9 Å². The molecule has 20 heavy (non-hydrogen) atoms. The van der Waals surface area contributed by atoms with E-state index in [1.807, 2.05) is 26.2 Å². The zero-order valence-corrected chi connectivity index (χ0v) is 13.4. The van der Waals surface area contributed by atoms with Gasteiger partial charge >= 0.3 is 0 Å². The fourth-order valence-electron chi connectivity index (χ4n) is 1.63. The van der Waals surface area contributed by atoms with Crippen molar-refractivity contribution in [3.05, 3.63) is 31.7 Å². The molecule has 0 spiro atoms. The minimum atomic E-state index is -0.0851. The Morgan fingerprint density at radius 3 is 2.75 bits per heavy atom. The lowest BCUT2D eigenvalue weighted by molar-refractivity contribution is -0.120. The first-order valence-corrected chi connectivity index (χ1v) is 8.05. The summed E-state index contributed by atoms with van der Waals surface area (Å²) in [5, 5.41) is 6.55. The van der Waals surface area contributed by atoms with Gasteiger partial charge in [0, 0.05) is 10.3 Å². The number of nitrogens with zero attached hydrogens (tertiary/aromatic N) is 2. The van der Waals surface area contributed by atoms with Crippen LogP contribution in [0.3, 0.4) is 0 Å². The molecule has 0 fully saturated rings. The molecule has 0 aliphatic heterocycles. The number of aryl methyl sites for hydroxylation is 2. The van der Waals surface area contributed by atoms with Gasteiger partial charge in [-0.15, -0.1) is 22.7 Å². The number of hydrogen-bond donors (Lipinski definition) is 2. The third kappa shape index (κ3) is 3.84. The maximum atomic E-state index is 11.9. The zero-order chi connectivity index (χ0) is 14.7. The summed E-state index contributed by atoms with van der Waals surface area (Å²) in [6.07, 6.45) is 0.284. The van der Waals surface area contributed by atoms with Crippen molar-refractivity contribution in [3.63, 3.8) is 0 Å². The molecule has 0 aliphatic carbocycles. The first-order chi connectivity index (χ1) is 9.45. The van der Waals surface area contributed by atoms with Gasteiger partial charge in [0.25, 0.3) is 0 Å². The van der Waals surface area contributed by atoms with E-state index < -0.39 is 0 Å². The summed E-state index contributed by atoms with van der Waals surface area (Å²) >= 11 is 3.11. The molecule has 0 saturated carbocycles. The topological polar surface area (TPSA) is 80.9 Å².